The molecule has 0 aliphatic carbocycles. The molecule has 0 aliphatic heterocycles. The van der Waals surface area contributed by atoms with Crippen molar-refractivity contribution in [2.24, 2.45) is 0 Å². The molecule has 0 aromatic heterocycles. The van der Waals surface area contributed by atoms with Crippen LogP contribution in [0.2, 0.25) is 10.0 Å². The monoisotopic (exact) mass is 332 g/mol. The van der Waals surface area contributed by atoms with Crippen molar-refractivity contribution in [3.8, 4) is 0 Å². The highest BCUT2D eigenvalue weighted by Gasteiger charge is 2.25. The summed E-state index contributed by atoms with van der Waals surface area (Å²) in [5, 5.41) is 10.0. The molecule has 1 unspecified atom stereocenters. The number of esters is 1. The molecule has 0 fully saturated rings. The molecule has 0 saturated carbocycles. The van der Waals surface area contributed by atoms with Crippen LogP contribution in [0.3, 0.4) is 0 Å². The first-order chi connectivity index (χ1) is 9.60. The molecule has 4 nitrogen and oxygen atoms in total. The second-order valence-corrected chi connectivity index (χ2v) is 6.53. The Morgan fingerprint density at radius 1 is 1.29 bits per heavy atom. The zero-order chi connectivity index (χ0) is 16.2. The van der Waals surface area contributed by atoms with Gasteiger partial charge in [-0.3, -0.25) is 9.59 Å². The largest absolute Gasteiger partial charge is 0.481 e. The van der Waals surface area contributed by atoms with E-state index in [4.69, 9.17) is 27.9 Å². The second kappa shape index (κ2) is 7.14. The zero-order valence-electron chi connectivity index (χ0n) is 12.2. The summed E-state index contributed by atoms with van der Waals surface area (Å²) in [5.41, 5.74) is -0.148. The Hall–Kier alpha value is -1.26. The lowest BCUT2D eigenvalue weighted by Crippen LogP contribution is -2.24. The van der Waals surface area contributed by atoms with E-state index in [2.05, 4.69) is 0 Å². The van der Waals surface area contributed by atoms with Gasteiger partial charge in [0.25, 0.3) is 0 Å². The summed E-state index contributed by atoms with van der Waals surface area (Å²) in [5.74, 6) is -2.34. The molecule has 1 aromatic carbocycles. The molecule has 0 amide bonds. The van der Waals surface area contributed by atoms with E-state index < -0.39 is 23.5 Å². The summed E-state index contributed by atoms with van der Waals surface area (Å²) in [6.45, 7) is 5.28. The number of halogens is 2. The van der Waals surface area contributed by atoms with Gasteiger partial charge >= 0.3 is 11.9 Å². The Morgan fingerprint density at radius 2 is 1.90 bits per heavy atom. The molecule has 1 rings (SSSR count). The van der Waals surface area contributed by atoms with Gasteiger partial charge in [-0.05, 0) is 44.9 Å². The molecule has 116 valence electrons. The molecule has 0 bridgehead atoms. The molecular weight excluding hydrogens is 315 g/mol. The van der Waals surface area contributed by atoms with E-state index >= 15 is 0 Å². The van der Waals surface area contributed by atoms with Crippen molar-refractivity contribution in [3.63, 3.8) is 0 Å². The molecular formula is C15H18Cl2O4. The highest BCUT2D eigenvalue weighted by Crippen LogP contribution is 2.31. The van der Waals surface area contributed by atoms with Gasteiger partial charge in [-0.25, -0.2) is 0 Å². The third-order valence-electron chi connectivity index (χ3n) is 2.69. The average molecular weight is 333 g/mol. The number of ether oxygens (including phenoxy) is 1. The lowest BCUT2D eigenvalue weighted by atomic mass is 9.94. The summed E-state index contributed by atoms with van der Waals surface area (Å²) in [7, 11) is 0. The van der Waals surface area contributed by atoms with Gasteiger partial charge in [-0.2, -0.15) is 0 Å². The summed E-state index contributed by atoms with van der Waals surface area (Å²) in [4.78, 5) is 23.1. The number of carbonyl (C=O) groups is 2. The Bertz CT molecular complexity index is 535. The number of carbonyl (C=O) groups excluding carboxylic acids is 1. The SMILES string of the molecule is CC(C)(C)OC(=O)CCC(C(=O)O)c1ccc(Cl)cc1Cl. The third-order valence-corrected chi connectivity index (χ3v) is 3.26. The number of hydrogen-bond acceptors (Lipinski definition) is 3. The fraction of sp³-hybridized carbons (Fsp3) is 0.467. The minimum atomic E-state index is -1.04. The van der Waals surface area contributed by atoms with Crippen LogP contribution < -0.4 is 0 Å². The predicted molar refractivity (Wildman–Crippen MR) is 81.9 cm³/mol. The van der Waals surface area contributed by atoms with Crippen LogP contribution in [-0.2, 0) is 14.3 Å². The fourth-order valence-electron chi connectivity index (χ4n) is 1.85. The minimum absolute atomic E-state index is 0.00713. The van der Waals surface area contributed by atoms with E-state index in [1.165, 1.54) is 6.07 Å². The first-order valence-electron chi connectivity index (χ1n) is 6.50. The maximum absolute atomic E-state index is 11.7. The van der Waals surface area contributed by atoms with Gasteiger partial charge in [0.15, 0.2) is 0 Å². The van der Waals surface area contributed by atoms with Gasteiger partial charge in [-0.15, -0.1) is 0 Å². The summed E-state index contributed by atoms with van der Waals surface area (Å²) in [6.07, 6.45) is 0.124. The van der Waals surface area contributed by atoms with Crippen LogP contribution >= 0.6 is 23.2 Å². The van der Waals surface area contributed by atoms with E-state index in [0.717, 1.165) is 0 Å². The number of carboxylic acid groups (broad SMARTS) is 1. The van der Waals surface area contributed by atoms with Crippen molar-refractivity contribution in [1.29, 1.82) is 0 Å². The van der Waals surface area contributed by atoms with Crippen molar-refractivity contribution in [3.05, 3.63) is 33.8 Å². The standard InChI is InChI=1S/C15H18Cl2O4/c1-15(2,3)21-13(18)7-6-11(14(19)20)10-5-4-9(16)8-12(10)17/h4-5,8,11H,6-7H2,1-3H3,(H,19,20). The molecule has 0 heterocycles. The summed E-state index contributed by atoms with van der Waals surface area (Å²) in [6, 6.07) is 4.63. The van der Waals surface area contributed by atoms with E-state index in [1.807, 2.05) is 0 Å². The number of aliphatic carboxylic acids is 1. The van der Waals surface area contributed by atoms with Crippen LogP contribution in [0, 0.1) is 0 Å². The van der Waals surface area contributed by atoms with Crippen LogP contribution in [-0.4, -0.2) is 22.6 Å². The van der Waals surface area contributed by atoms with Crippen molar-refractivity contribution in [2.75, 3.05) is 0 Å². The Kier molecular flexibility index (Phi) is 6.05. The van der Waals surface area contributed by atoms with E-state index in [1.54, 1.807) is 32.9 Å². The van der Waals surface area contributed by atoms with Crippen molar-refractivity contribution >= 4 is 35.1 Å². The summed E-state index contributed by atoms with van der Waals surface area (Å²) >= 11 is 11.8. The van der Waals surface area contributed by atoms with Crippen LogP contribution in [0.25, 0.3) is 0 Å². The first-order valence-corrected chi connectivity index (χ1v) is 7.25. The van der Waals surface area contributed by atoms with Crippen LogP contribution in [0.1, 0.15) is 45.1 Å². The highest BCUT2D eigenvalue weighted by atomic mass is 35.5. The maximum atomic E-state index is 11.7. The van der Waals surface area contributed by atoms with Crippen LogP contribution in [0.4, 0.5) is 0 Å². The van der Waals surface area contributed by atoms with Gasteiger partial charge in [0, 0.05) is 16.5 Å². The van der Waals surface area contributed by atoms with Gasteiger partial charge in [0.1, 0.15) is 5.60 Å². The van der Waals surface area contributed by atoms with Crippen molar-refractivity contribution in [2.45, 2.75) is 45.1 Å². The molecule has 0 saturated heterocycles. The van der Waals surface area contributed by atoms with Crippen molar-refractivity contribution < 1.29 is 19.4 Å². The highest BCUT2D eigenvalue weighted by molar-refractivity contribution is 6.35. The Morgan fingerprint density at radius 3 is 2.38 bits per heavy atom. The zero-order valence-corrected chi connectivity index (χ0v) is 13.7. The molecule has 1 N–H and O–H groups in total. The Balaban J connectivity index is 2.80. The smallest absolute Gasteiger partial charge is 0.311 e. The number of rotatable bonds is 5. The van der Waals surface area contributed by atoms with E-state index in [0.29, 0.717) is 10.6 Å². The Labute approximate surface area is 134 Å². The number of carboxylic acids is 1. The predicted octanol–water partition coefficient (Wildman–Crippen LogP) is 4.28. The lowest BCUT2D eigenvalue weighted by Gasteiger charge is -2.20. The quantitative estimate of drug-likeness (QED) is 0.817. The van der Waals surface area contributed by atoms with E-state index in [-0.39, 0.29) is 17.9 Å². The van der Waals surface area contributed by atoms with Gasteiger partial charge in [0.05, 0.1) is 5.92 Å². The van der Waals surface area contributed by atoms with Crippen LogP contribution in [0.15, 0.2) is 18.2 Å². The van der Waals surface area contributed by atoms with Crippen LogP contribution in [0.5, 0.6) is 0 Å². The lowest BCUT2D eigenvalue weighted by molar-refractivity contribution is -0.155. The second-order valence-electron chi connectivity index (χ2n) is 5.68. The molecule has 0 radical (unpaired) electrons. The summed E-state index contributed by atoms with van der Waals surface area (Å²) < 4.78 is 5.17. The number of hydrogen-bond donors (Lipinski definition) is 1. The molecule has 1 atom stereocenters. The normalized spacial score (nSPS) is 12.8. The van der Waals surface area contributed by atoms with E-state index in [9.17, 15) is 14.7 Å². The third kappa shape index (κ3) is 5.94. The van der Waals surface area contributed by atoms with Gasteiger partial charge in [-0.1, -0.05) is 29.3 Å². The number of benzene rings is 1. The molecule has 0 spiro atoms. The van der Waals surface area contributed by atoms with Crippen molar-refractivity contribution in [1.82, 2.24) is 0 Å². The first kappa shape index (κ1) is 17.8. The maximum Gasteiger partial charge on any atom is 0.311 e. The van der Waals surface area contributed by atoms with Gasteiger partial charge < -0.3 is 9.84 Å². The molecule has 1 aromatic rings. The molecule has 6 heteroatoms. The molecule has 0 aliphatic rings. The molecule has 21 heavy (non-hydrogen) atoms. The fourth-order valence-corrected chi connectivity index (χ4v) is 2.39. The topological polar surface area (TPSA) is 63.6 Å². The van der Waals surface area contributed by atoms with Gasteiger partial charge in [0.2, 0.25) is 0 Å². The average Bonchev–Trinajstić information content (AvgIpc) is 2.29. The minimum Gasteiger partial charge on any atom is -0.481 e.